The molecule has 8 heteroatoms. The minimum absolute atomic E-state index is 0.240. The molecule has 0 spiro atoms. The number of rotatable bonds is 8. The molecular formula is C19H26N4O2S2. The van der Waals surface area contributed by atoms with E-state index in [-0.39, 0.29) is 12.5 Å². The Kier molecular flexibility index (Phi) is 7.82. The Morgan fingerprint density at radius 1 is 0.926 bits per heavy atom. The summed E-state index contributed by atoms with van der Waals surface area (Å²) in [7, 11) is 0. The van der Waals surface area contributed by atoms with E-state index in [0.29, 0.717) is 6.54 Å². The Morgan fingerprint density at radius 2 is 1.56 bits per heavy atom. The number of piperazine rings is 1. The van der Waals surface area contributed by atoms with Crippen molar-refractivity contribution in [2.45, 2.75) is 12.8 Å². The molecule has 2 aromatic heterocycles. The van der Waals surface area contributed by atoms with Crippen LogP contribution in [-0.4, -0.2) is 67.6 Å². The van der Waals surface area contributed by atoms with Gasteiger partial charge >= 0.3 is 6.03 Å². The van der Waals surface area contributed by atoms with Gasteiger partial charge in [-0.05, 0) is 35.7 Å². The predicted octanol–water partition coefficient (Wildman–Crippen LogP) is 2.04. The number of carbonyl (C=O) groups is 2. The lowest BCUT2D eigenvalue weighted by molar-refractivity contribution is -0.121. The van der Waals surface area contributed by atoms with Gasteiger partial charge in [0.2, 0.25) is 5.91 Å². The van der Waals surface area contributed by atoms with Crippen LogP contribution < -0.4 is 10.6 Å². The molecule has 6 nitrogen and oxygen atoms in total. The molecule has 1 fully saturated rings. The highest BCUT2D eigenvalue weighted by Crippen LogP contribution is 2.11. The normalized spacial score (nSPS) is 15.6. The van der Waals surface area contributed by atoms with Gasteiger partial charge in [0, 0.05) is 49.0 Å². The number of urea groups is 1. The summed E-state index contributed by atoms with van der Waals surface area (Å²) in [6.45, 7) is 5.51. The SMILES string of the molecule is O=C(CN1CCN(CCc2cccs2)CC1)NC(=O)NCCc1cccs1. The molecule has 27 heavy (non-hydrogen) atoms. The lowest BCUT2D eigenvalue weighted by Gasteiger charge is -2.34. The van der Waals surface area contributed by atoms with Crippen molar-refractivity contribution in [3.05, 3.63) is 44.8 Å². The Hall–Kier alpha value is -1.74. The average molecular weight is 407 g/mol. The zero-order chi connectivity index (χ0) is 18.9. The fraction of sp³-hybridized carbons (Fsp3) is 0.474. The minimum Gasteiger partial charge on any atom is -0.337 e. The van der Waals surface area contributed by atoms with E-state index in [4.69, 9.17) is 0 Å². The van der Waals surface area contributed by atoms with Gasteiger partial charge in [-0.15, -0.1) is 22.7 Å². The van der Waals surface area contributed by atoms with E-state index < -0.39 is 6.03 Å². The summed E-state index contributed by atoms with van der Waals surface area (Å²) in [4.78, 5) is 31.0. The summed E-state index contributed by atoms with van der Waals surface area (Å²) in [6.07, 6.45) is 1.87. The van der Waals surface area contributed by atoms with Crippen LogP contribution in [0.5, 0.6) is 0 Å². The number of hydrogen-bond acceptors (Lipinski definition) is 6. The molecule has 2 aromatic rings. The molecule has 3 heterocycles. The highest BCUT2D eigenvalue weighted by molar-refractivity contribution is 7.10. The second kappa shape index (κ2) is 10.6. The number of carbonyl (C=O) groups excluding carboxylic acids is 2. The Bertz CT molecular complexity index is 695. The fourth-order valence-corrected chi connectivity index (χ4v) is 4.47. The molecular weight excluding hydrogens is 380 g/mol. The lowest BCUT2D eigenvalue weighted by Crippen LogP contribution is -2.51. The molecule has 1 aliphatic heterocycles. The smallest absolute Gasteiger partial charge is 0.321 e. The van der Waals surface area contributed by atoms with Crippen LogP contribution in [0.4, 0.5) is 4.79 Å². The molecule has 0 unspecified atom stereocenters. The quantitative estimate of drug-likeness (QED) is 0.704. The maximum atomic E-state index is 12.1. The predicted molar refractivity (Wildman–Crippen MR) is 110 cm³/mol. The molecule has 0 aromatic carbocycles. The summed E-state index contributed by atoms with van der Waals surface area (Å²) in [5, 5.41) is 9.29. The van der Waals surface area contributed by atoms with Gasteiger partial charge < -0.3 is 10.2 Å². The average Bonchev–Trinajstić information content (AvgIpc) is 3.35. The summed E-state index contributed by atoms with van der Waals surface area (Å²) in [5.74, 6) is -0.240. The Labute approximate surface area is 168 Å². The Morgan fingerprint density at radius 3 is 2.19 bits per heavy atom. The van der Waals surface area contributed by atoms with E-state index in [1.807, 2.05) is 17.5 Å². The second-order valence-corrected chi connectivity index (χ2v) is 8.65. The van der Waals surface area contributed by atoms with Gasteiger partial charge in [-0.2, -0.15) is 0 Å². The maximum absolute atomic E-state index is 12.1. The number of nitrogens with zero attached hydrogens (tertiary/aromatic N) is 2. The zero-order valence-electron chi connectivity index (χ0n) is 15.4. The van der Waals surface area contributed by atoms with E-state index in [0.717, 1.165) is 45.6 Å². The van der Waals surface area contributed by atoms with Crippen LogP contribution in [-0.2, 0) is 17.6 Å². The van der Waals surface area contributed by atoms with Gasteiger partial charge in [0.15, 0.2) is 0 Å². The summed E-state index contributed by atoms with van der Waals surface area (Å²) in [6, 6.07) is 7.89. The maximum Gasteiger partial charge on any atom is 0.321 e. The molecule has 0 radical (unpaired) electrons. The van der Waals surface area contributed by atoms with Crippen molar-refractivity contribution in [1.29, 1.82) is 0 Å². The van der Waals surface area contributed by atoms with Crippen LogP contribution in [0, 0.1) is 0 Å². The van der Waals surface area contributed by atoms with Gasteiger partial charge in [-0.1, -0.05) is 12.1 Å². The second-order valence-electron chi connectivity index (χ2n) is 6.58. The fourth-order valence-electron chi connectivity index (χ4n) is 3.06. The first-order valence-electron chi connectivity index (χ1n) is 9.26. The number of hydrogen-bond donors (Lipinski definition) is 2. The van der Waals surface area contributed by atoms with E-state index in [9.17, 15) is 9.59 Å². The van der Waals surface area contributed by atoms with Crippen LogP contribution in [0.1, 0.15) is 9.75 Å². The number of amides is 3. The third-order valence-corrected chi connectivity index (χ3v) is 6.45. The van der Waals surface area contributed by atoms with E-state index in [1.54, 1.807) is 22.7 Å². The van der Waals surface area contributed by atoms with Crippen molar-refractivity contribution in [2.75, 3.05) is 45.8 Å². The van der Waals surface area contributed by atoms with Crippen LogP contribution in [0.15, 0.2) is 35.0 Å². The third kappa shape index (κ3) is 7.06. The van der Waals surface area contributed by atoms with Crippen molar-refractivity contribution < 1.29 is 9.59 Å². The first-order valence-corrected chi connectivity index (χ1v) is 11.0. The molecule has 0 saturated carbocycles. The molecule has 0 atom stereocenters. The molecule has 2 N–H and O–H groups in total. The molecule has 0 bridgehead atoms. The van der Waals surface area contributed by atoms with Crippen molar-refractivity contribution in [3.63, 3.8) is 0 Å². The minimum atomic E-state index is -0.411. The van der Waals surface area contributed by atoms with Crippen LogP contribution in [0.2, 0.25) is 0 Å². The topological polar surface area (TPSA) is 64.7 Å². The summed E-state index contributed by atoms with van der Waals surface area (Å²) >= 11 is 3.47. The van der Waals surface area contributed by atoms with Crippen LogP contribution in [0.25, 0.3) is 0 Å². The monoisotopic (exact) mass is 406 g/mol. The first kappa shape index (κ1) is 20.0. The van der Waals surface area contributed by atoms with Crippen LogP contribution in [0.3, 0.4) is 0 Å². The molecule has 3 rings (SSSR count). The molecule has 3 amide bonds. The number of nitrogens with one attached hydrogen (secondary N) is 2. The van der Waals surface area contributed by atoms with Crippen molar-refractivity contribution in [2.24, 2.45) is 0 Å². The van der Waals surface area contributed by atoms with E-state index >= 15 is 0 Å². The van der Waals surface area contributed by atoms with Gasteiger partial charge in [0.05, 0.1) is 6.54 Å². The van der Waals surface area contributed by atoms with Crippen LogP contribution >= 0.6 is 22.7 Å². The van der Waals surface area contributed by atoms with Gasteiger partial charge in [-0.25, -0.2) is 4.79 Å². The number of thiophene rings is 2. The highest BCUT2D eigenvalue weighted by Gasteiger charge is 2.19. The largest absolute Gasteiger partial charge is 0.337 e. The zero-order valence-corrected chi connectivity index (χ0v) is 17.0. The third-order valence-electron chi connectivity index (χ3n) is 4.58. The lowest BCUT2D eigenvalue weighted by atomic mass is 10.2. The summed E-state index contributed by atoms with van der Waals surface area (Å²) < 4.78 is 0. The van der Waals surface area contributed by atoms with Crippen molar-refractivity contribution in [1.82, 2.24) is 20.4 Å². The van der Waals surface area contributed by atoms with E-state index in [1.165, 1.54) is 9.75 Å². The van der Waals surface area contributed by atoms with E-state index in [2.05, 4.69) is 37.9 Å². The van der Waals surface area contributed by atoms with Crippen molar-refractivity contribution in [3.8, 4) is 0 Å². The van der Waals surface area contributed by atoms with Crippen molar-refractivity contribution >= 4 is 34.6 Å². The molecule has 1 aliphatic rings. The highest BCUT2D eigenvalue weighted by atomic mass is 32.1. The van der Waals surface area contributed by atoms with Gasteiger partial charge in [-0.3, -0.25) is 15.0 Å². The standard InChI is InChI=1S/C19H26N4O2S2/c24-18(21-19(25)20-7-5-16-3-1-13-26-16)15-23-11-9-22(10-12-23)8-6-17-4-2-14-27-17/h1-4,13-14H,5-12,15H2,(H2,20,21,24,25). The first-order chi connectivity index (χ1) is 13.2. The molecule has 1 saturated heterocycles. The van der Waals surface area contributed by atoms with Gasteiger partial charge in [0.1, 0.15) is 0 Å². The Balaban J connectivity index is 1.26. The molecule has 146 valence electrons. The number of imide groups is 1. The summed E-state index contributed by atoms with van der Waals surface area (Å²) in [5.41, 5.74) is 0. The molecule has 0 aliphatic carbocycles. The van der Waals surface area contributed by atoms with Gasteiger partial charge in [0.25, 0.3) is 0 Å².